The fourth-order valence-corrected chi connectivity index (χ4v) is 1.46. The lowest BCUT2D eigenvalue weighted by molar-refractivity contribution is -0.118. The van der Waals surface area contributed by atoms with E-state index in [2.05, 4.69) is 5.32 Å². The SMILES string of the molecule is COCc1ccc(CCNC(=O)CCl)cc1. The van der Waals surface area contributed by atoms with Crippen LogP contribution in [0.4, 0.5) is 0 Å². The van der Waals surface area contributed by atoms with Gasteiger partial charge in [-0.15, -0.1) is 11.6 Å². The third-order valence-electron chi connectivity index (χ3n) is 2.19. The van der Waals surface area contributed by atoms with Gasteiger partial charge in [0, 0.05) is 13.7 Å². The molecule has 88 valence electrons. The number of methoxy groups -OCH3 is 1. The van der Waals surface area contributed by atoms with Gasteiger partial charge in [-0.3, -0.25) is 4.79 Å². The quantitative estimate of drug-likeness (QED) is 0.771. The summed E-state index contributed by atoms with van der Waals surface area (Å²) in [5.41, 5.74) is 2.34. The van der Waals surface area contributed by atoms with Crippen LogP contribution in [-0.4, -0.2) is 25.4 Å². The summed E-state index contributed by atoms with van der Waals surface area (Å²) in [4.78, 5) is 10.9. The van der Waals surface area contributed by atoms with E-state index in [1.54, 1.807) is 7.11 Å². The van der Waals surface area contributed by atoms with Gasteiger partial charge in [-0.05, 0) is 17.5 Å². The molecule has 1 N–H and O–H groups in total. The zero-order chi connectivity index (χ0) is 11.8. The minimum Gasteiger partial charge on any atom is -0.380 e. The Morgan fingerprint density at radius 1 is 1.31 bits per heavy atom. The standard InChI is InChI=1S/C12H16ClNO2/c1-16-9-11-4-2-10(3-5-11)6-7-14-12(15)8-13/h2-5H,6-9H2,1H3,(H,14,15). The largest absolute Gasteiger partial charge is 0.380 e. The highest BCUT2D eigenvalue weighted by Gasteiger charge is 1.98. The second-order valence-corrected chi connectivity index (χ2v) is 3.75. The van der Waals surface area contributed by atoms with Crippen molar-refractivity contribution in [1.29, 1.82) is 0 Å². The summed E-state index contributed by atoms with van der Waals surface area (Å²) in [7, 11) is 1.68. The van der Waals surface area contributed by atoms with Crippen molar-refractivity contribution in [3.05, 3.63) is 35.4 Å². The number of hydrogen-bond donors (Lipinski definition) is 1. The fraction of sp³-hybridized carbons (Fsp3) is 0.417. The molecule has 0 aliphatic rings. The molecule has 0 saturated heterocycles. The number of nitrogens with one attached hydrogen (secondary N) is 1. The molecule has 1 amide bonds. The maximum absolute atomic E-state index is 10.9. The molecular formula is C12H16ClNO2. The lowest BCUT2D eigenvalue weighted by Gasteiger charge is -2.04. The molecule has 0 radical (unpaired) electrons. The summed E-state index contributed by atoms with van der Waals surface area (Å²) in [6, 6.07) is 8.15. The predicted molar refractivity (Wildman–Crippen MR) is 64.6 cm³/mol. The summed E-state index contributed by atoms with van der Waals surface area (Å²) in [5.74, 6) is -0.107. The number of amides is 1. The Balaban J connectivity index is 2.34. The minimum absolute atomic E-state index is 0.0206. The first-order valence-corrected chi connectivity index (χ1v) is 5.69. The van der Waals surface area contributed by atoms with E-state index in [0.717, 1.165) is 12.0 Å². The maximum atomic E-state index is 10.9. The van der Waals surface area contributed by atoms with Crippen LogP contribution < -0.4 is 5.32 Å². The summed E-state index contributed by atoms with van der Waals surface area (Å²) in [5, 5.41) is 2.73. The van der Waals surface area contributed by atoms with Crippen molar-refractivity contribution in [3.63, 3.8) is 0 Å². The zero-order valence-corrected chi connectivity index (χ0v) is 10.1. The van der Waals surface area contributed by atoms with Gasteiger partial charge >= 0.3 is 0 Å². The van der Waals surface area contributed by atoms with E-state index in [1.165, 1.54) is 5.56 Å². The van der Waals surface area contributed by atoms with Gasteiger partial charge in [0.25, 0.3) is 0 Å². The Bertz CT molecular complexity index is 324. The van der Waals surface area contributed by atoms with Crippen LogP contribution >= 0.6 is 11.6 Å². The molecule has 0 spiro atoms. The van der Waals surface area contributed by atoms with E-state index in [0.29, 0.717) is 13.2 Å². The smallest absolute Gasteiger partial charge is 0.234 e. The van der Waals surface area contributed by atoms with Crippen molar-refractivity contribution >= 4 is 17.5 Å². The molecule has 3 nitrogen and oxygen atoms in total. The van der Waals surface area contributed by atoms with E-state index in [1.807, 2.05) is 24.3 Å². The molecule has 0 saturated carbocycles. The molecule has 0 fully saturated rings. The van der Waals surface area contributed by atoms with Gasteiger partial charge in [-0.1, -0.05) is 24.3 Å². The molecular weight excluding hydrogens is 226 g/mol. The topological polar surface area (TPSA) is 38.3 Å². The zero-order valence-electron chi connectivity index (χ0n) is 9.33. The maximum Gasteiger partial charge on any atom is 0.234 e. The van der Waals surface area contributed by atoms with E-state index in [4.69, 9.17) is 16.3 Å². The third kappa shape index (κ3) is 4.64. The summed E-state index contributed by atoms with van der Waals surface area (Å²) >= 11 is 5.36. The molecule has 0 aromatic heterocycles. The molecule has 16 heavy (non-hydrogen) atoms. The Morgan fingerprint density at radius 3 is 2.50 bits per heavy atom. The van der Waals surface area contributed by atoms with E-state index >= 15 is 0 Å². The first-order chi connectivity index (χ1) is 7.76. The highest BCUT2D eigenvalue weighted by atomic mass is 35.5. The second-order valence-electron chi connectivity index (χ2n) is 3.48. The van der Waals surface area contributed by atoms with Crippen LogP contribution in [0.5, 0.6) is 0 Å². The number of alkyl halides is 1. The molecule has 0 heterocycles. The number of benzene rings is 1. The number of ether oxygens (including phenoxy) is 1. The van der Waals surface area contributed by atoms with Crippen molar-refractivity contribution in [2.75, 3.05) is 19.5 Å². The summed E-state index contributed by atoms with van der Waals surface area (Å²) in [6.45, 7) is 1.25. The average molecular weight is 242 g/mol. The van der Waals surface area contributed by atoms with Gasteiger partial charge in [-0.25, -0.2) is 0 Å². The molecule has 1 aromatic rings. The van der Waals surface area contributed by atoms with Crippen LogP contribution in [0.3, 0.4) is 0 Å². The third-order valence-corrected chi connectivity index (χ3v) is 2.43. The number of carbonyl (C=O) groups is 1. The van der Waals surface area contributed by atoms with Crippen molar-refractivity contribution in [1.82, 2.24) is 5.32 Å². The Morgan fingerprint density at radius 2 is 1.94 bits per heavy atom. The van der Waals surface area contributed by atoms with Crippen LogP contribution in [0.1, 0.15) is 11.1 Å². The van der Waals surface area contributed by atoms with Gasteiger partial charge in [0.15, 0.2) is 0 Å². The van der Waals surface area contributed by atoms with Crippen LogP contribution in [0, 0.1) is 0 Å². The first-order valence-electron chi connectivity index (χ1n) is 5.15. The van der Waals surface area contributed by atoms with Crippen molar-refractivity contribution in [2.45, 2.75) is 13.0 Å². The van der Waals surface area contributed by atoms with Crippen LogP contribution in [0.25, 0.3) is 0 Å². The molecule has 0 bridgehead atoms. The van der Waals surface area contributed by atoms with Gasteiger partial charge < -0.3 is 10.1 Å². The van der Waals surface area contributed by atoms with Crippen LogP contribution in [-0.2, 0) is 22.6 Å². The monoisotopic (exact) mass is 241 g/mol. The van der Waals surface area contributed by atoms with E-state index in [-0.39, 0.29) is 11.8 Å². The van der Waals surface area contributed by atoms with E-state index in [9.17, 15) is 4.79 Å². The van der Waals surface area contributed by atoms with Crippen LogP contribution in [0.15, 0.2) is 24.3 Å². The minimum atomic E-state index is -0.127. The highest BCUT2D eigenvalue weighted by molar-refractivity contribution is 6.27. The van der Waals surface area contributed by atoms with Gasteiger partial charge in [0.1, 0.15) is 5.88 Å². The average Bonchev–Trinajstić information content (AvgIpc) is 2.31. The Kier molecular flexibility index (Phi) is 5.90. The van der Waals surface area contributed by atoms with Crippen molar-refractivity contribution in [2.24, 2.45) is 0 Å². The predicted octanol–water partition coefficient (Wildman–Crippen LogP) is 1.73. The summed E-state index contributed by atoms with van der Waals surface area (Å²) in [6.07, 6.45) is 0.815. The van der Waals surface area contributed by atoms with Gasteiger partial charge in [-0.2, -0.15) is 0 Å². The Labute approximate surface area is 101 Å². The molecule has 4 heteroatoms. The van der Waals surface area contributed by atoms with Crippen LogP contribution in [0.2, 0.25) is 0 Å². The second kappa shape index (κ2) is 7.25. The number of rotatable bonds is 6. The van der Waals surface area contributed by atoms with Gasteiger partial charge in [0.2, 0.25) is 5.91 Å². The first kappa shape index (κ1) is 13.0. The fourth-order valence-electron chi connectivity index (χ4n) is 1.36. The molecule has 0 unspecified atom stereocenters. The molecule has 0 atom stereocenters. The molecule has 0 aliphatic heterocycles. The lowest BCUT2D eigenvalue weighted by Crippen LogP contribution is -2.26. The number of carbonyl (C=O) groups excluding carboxylic acids is 1. The Hall–Kier alpha value is -1.06. The lowest BCUT2D eigenvalue weighted by atomic mass is 10.1. The highest BCUT2D eigenvalue weighted by Crippen LogP contribution is 2.05. The number of hydrogen-bond acceptors (Lipinski definition) is 2. The van der Waals surface area contributed by atoms with Gasteiger partial charge in [0.05, 0.1) is 6.61 Å². The molecule has 1 aromatic carbocycles. The number of halogens is 1. The van der Waals surface area contributed by atoms with Crippen molar-refractivity contribution < 1.29 is 9.53 Å². The van der Waals surface area contributed by atoms with Crippen molar-refractivity contribution in [3.8, 4) is 0 Å². The molecule has 1 rings (SSSR count). The van der Waals surface area contributed by atoms with E-state index < -0.39 is 0 Å². The normalized spacial score (nSPS) is 10.1. The molecule has 0 aliphatic carbocycles. The summed E-state index contributed by atoms with van der Waals surface area (Å²) < 4.78 is 5.02.